The molecule has 2 aliphatic rings. The Bertz CT molecular complexity index is 307. The van der Waals surface area contributed by atoms with Gasteiger partial charge in [0, 0.05) is 5.92 Å². The molecule has 2 saturated heterocycles. The summed E-state index contributed by atoms with van der Waals surface area (Å²) in [6.07, 6.45) is -1.42. The maximum Gasteiger partial charge on any atom is 0.163 e. The highest BCUT2D eigenvalue weighted by Crippen LogP contribution is 2.44. The van der Waals surface area contributed by atoms with Crippen LogP contribution in [0.4, 0.5) is 0 Å². The van der Waals surface area contributed by atoms with Crippen LogP contribution in [0.5, 0.6) is 0 Å². The molecule has 5 atom stereocenters. The highest BCUT2D eigenvalue weighted by molar-refractivity contribution is 5.04. The summed E-state index contributed by atoms with van der Waals surface area (Å²) in [6.45, 7) is 4.67. The third kappa shape index (κ3) is 2.17. The van der Waals surface area contributed by atoms with E-state index in [1.807, 2.05) is 0 Å². The Morgan fingerprint density at radius 2 is 1.61 bits per heavy atom. The predicted molar refractivity (Wildman–Crippen MR) is 61.9 cm³/mol. The van der Waals surface area contributed by atoms with Gasteiger partial charge in [-0.25, -0.2) is 0 Å². The van der Waals surface area contributed by atoms with Crippen molar-refractivity contribution < 1.29 is 29.5 Å². The number of aliphatic hydroxyl groups excluding tert-OH is 3. The van der Waals surface area contributed by atoms with Crippen LogP contribution < -0.4 is 0 Å². The number of aliphatic hydroxyl groups is 3. The molecule has 0 saturated carbocycles. The molecule has 6 heteroatoms. The number of fused-ring (bicyclic) bond motifs is 1. The SMILES string of the molecule is CC1(C)O[C@H]2[C@@H](CO)[C@@H](CO)O[C@@](C)(CO)[C@H]2O1. The van der Waals surface area contributed by atoms with Crippen molar-refractivity contribution in [3.63, 3.8) is 0 Å². The Hall–Kier alpha value is -0.240. The number of rotatable bonds is 3. The van der Waals surface area contributed by atoms with Gasteiger partial charge in [0.15, 0.2) is 5.79 Å². The van der Waals surface area contributed by atoms with Crippen molar-refractivity contribution in [3.05, 3.63) is 0 Å². The van der Waals surface area contributed by atoms with Crippen LogP contribution in [0.2, 0.25) is 0 Å². The van der Waals surface area contributed by atoms with Crippen LogP contribution in [0.1, 0.15) is 20.8 Å². The zero-order valence-corrected chi connectivity index (χ0v) is 11.0. The molecule has 2 rings (SSSR count). The standard InChI is InChI=1S/C12H22O6/c1-11(2)17-9-7(4-13)8(5-14)16-12(3,6-15)10(9)18-11/h7-10,13-15H,4-6H2,1-3H3/t7-,8+,9-,10-,12-/m0/s1. The van der Waals surface area contributed by atoms with E-state index in [0.29, 0.717) is 0 Å². The lowest BCUT2D eigenvalue weighted by molar-refractivity contribution is -0.240. The smallest absolute Gasteiger partial charge is 0.163 e. The van der Waals surface area contributed by atoms with Crippen molar-refractivity contribution in [1.82, 2.24) is 0 Å². The van der Waals surface area contributed by atoms with E-state index in [9.17, 15) is 15.3 Å². The average molecular weight is 262 g/mol. The van der Waals surface area contributed by atoms with Gasteiger partial charge in [-0.3, -0.25) is 0 Å². The van der Waals surface area contributed by atoms with Crippen LogP contribution in [-0.2, 0) is 14.2 Å². The molecule has 18 heavy (non-hydrogen) atoms. The zero-order valence-electron chi connectivity index (χ0n) is 11.0. The number of ether oxygens (including phenoxy) is 3. The molecule has 3 N–H and O–H groups in total. The molecule has 0 unspecified atom stereocenters. The van der Waals surface area contributed by atoms with Gasteiger partial charge in [0.05, 0.1) is 32.0 Å². The van der Waals surface area contributed by atoms with Crippen molar-refractivity contribution in [3.8, 4) is 0 Å². The van der Waals surface area contributed by atoms with Gasteiger partial charge in [-0.2, -0.15) is 0 Å². The third-order valence-electron chi connectivity index (χ3n) is 3.76. The summed E-state index contributed by atoms with van der Waals surface area (Å²) in [7, 11) is 0. The van der Waals surface area contributed by atoms with E-state index >= 15 is 0 Å². The van der Waals surface area contributed by atoms with Crippen LogP contribution in [0.25, 0.3) is 0 Å². The maximum atomic E-state index is 9.54. The van der Waals surface area contributed by atoms with Crippen molar-refractivity contribution in [1.29, 1.82) is 0 Å². The van der Waals surface area contributed by atoms with Gasteiger partial charge in [0.25, 0.3) is 0 Å². The van der Waals surface area contributed by atoms with Gasteiger partial charge in [-0.1, -0.05) is 0 Å². The number of hydrogen-bond acceptors (Lipinski definition) is 6. The predicted octanol–water partition coefficient (Wildman–Crippen LogP) is -0.743. The molecule has 0 radical (unpaired) electrons. The van der Waals surface area contributed by atoms with Crippen LogP contribution in [0, 0.1) is 5.92 Å². The first kappa shape index (κ1) is 14.2. The second-order valence-corrected chi connectivity index (χ2v) is 5.68. The fourth-order valence-electron chi connectivity index (χ4n) is 2.81. The van der Waals surface area contributed by atoms with Crippen LogP contribution in [0.3, 0.4) is 0 Å². The first-order valence-corrected chi connectivity index (χ1v) is 6.23. The van der Waals surface area contributed by atoms with Crippen molar-refractivity contribution in [2.45, 2.75) is 50.5 Å². The molecular weight excluding hydrogens is 240 g/mol. The molecule has 2 heterocycles. The van der Waals surface area contributed by atoms with E-state index in [2.05, 4.69) is 0 Å². The molecule has 2 aliphatic heterocycles. The lowest BCUT2D eigenvalue weighted by Crippen LogP contribution is -2.62. The van der Waals surface area contributed by atoms with Crippen molar-refractivity contribution in [2.24, 2.45) is 5.92 Å². The van der Waals surface area contributed by atoms with E-state index < -0.39 is 29.7 Å². The Balaban J connectivity index is 2.31. The Labute approximate surface area is 106 Å². The topological polar surface area (TPSA) is 88.4 Å². The third-order valence-corrected chi connectivity index (χ3v) is 3.76. The second-order valence-electron chi connectivity index (χ2n) is 5.68. The quantitative estimate of drug-likeness (QED) is 0.620. The summed E-state index contributed by atoms with van der Waals surface area (Å²) in [6, 6.07) is 0. The average Bonchev–Trinajstić information content (AvgIpc) is 2.65. The largest absolute Gasteiger partial charge is 0.396 e. The minimum absolute atomic E-state index is 0.159. The summed E-state index contributed by atoms with van der Waals surface area (Å²) in [5.74, 6) is -1.14. The fraction of sp³-hybridized carbons (Fsp3) is 1.00. The second kappa shape index (κ2) is 4.70. The van der Waals surface area contributed by atoms with Gasteiger partial charge in [0.2, 0.25) is 0 Å². The minimum atomic E-state index is -0.933. The monoisotopic (exact) mass is 262 g/mol. The van der Waals surface area contributed by atoms with Crippen LogP contribution in [-0.4, -0.2) is 64.8 Å². The van der Waals surface area contributed by atoms with Gasteiger partial charge < -0.3 is 29.5 Å². The van der Waals surface area contributed by atoms with Gasteiger partial charge >= 0.3 is 0 Å². The van der Waals surface area contributed by atoms with Crippen LogP contribution in [0.15, 0.2) is 0 Å². The molecule has 0 aromatic carbocycles. The number of hydrogen-bond donors (Lipinski definition) is 3. The summed E-state index contributed by atoms with van der Waals surface area (Å²) < 4.78 is 17.3. The summed E-state index contributed by atoms with van der Waals surface area (Å²) >= 11 is 0. The summed E-state index contributed by atoms with van der Waals surface area (Å²) in [5.41, 5.74) is -0.933. The molecule has 2 fully saturated rings. The van der Waals surface area contributed by atoms with Gasteiger partial charge in [0.1, 0.15) is 11.7 Å². The highest BCUT2D eigenvalue weighted by atomic mass is 16.8. The molecule has 0 aromatic rings. The summed E-state index contributed by atoms with van der Waals surface area (Å²) in [5, 5.41) is 28.4. The van der Waals surface area contributed by atoms with E-state index in [0.717, 1.165) is 0 Å². The molecule has 106 valence electrons. The molecule has 0 bridgehead atoms. The fourth-order valence-corrected chi connectivity index (χ4v) is 2.81. The maximum absolute atomic E-state index is 9.54. The van der Waals surface area contributed by atoms with E-state index in [1.54, 1.807) is 20.8 Å². The van der Waals surface area contributed by atoms with E-state index in [4.69, 9.17) is 14.2 Å². The Morgan fingerprint density at radius 1 is 0.944 bits per heavy atom. The van der Waals surface area contributed by atoms with E-state index in [1.165, 1.54) is 0 Å². The van der Waals surface area contributed by atoms with E-state index in [-0.39, 0.29) is 25.7 Å². The van der Waals surface area contributed by atoms with Gasteiger partial charge in [-0.05, 0) is 20.8 Å². The Morgan fingerprint density at radius 3 is 2.11 bits per heavy atom. The first-order valence-electron chi connectivity index (χ1n) is 6.23. The molecule has 0 amide bonds. The molecular formula is C12H22O6. The normalized spacial score (nSPS) is 47.0. The van der Waals surface area contributed by atoms with Gasteiger partial charge in [-0.15, -0.1) is 0 Å². The lowest BCUT2D eigenvalue weighted by atomic mass is 9.81. The van der Waals surface area contributed by atoms with Crippen LogP contribution >= 0.6 is 0 Å². The summed E-state index contributed by atoms with van der Waals surface area (Å²) in [4.78, 5) is 0. The zero-order chi connectivity index (χ0) is 13.6. The van der Waals surface area contributed by atoms with Crippen molar-refractivity contribution >= 4 is 0 Å². The minimum Gasteiger partial charge on any atom is -0.396 e. The Kier molecular flexibility index (Phi) is 3.70. The lowest BCUT2D eigenvalue weighted by Gasteiger charge is -2.46. The first-order chi connectivity index (χ1) is 8.37. The van der Waals surface area contributed by atoms with Crippen molar-refractivity contribution in [2.75, 3.05) is 19.8 Å². The molecule has 0 aliphatic carbocycles. The highest BCUT2D eigenvalue weighted by Gasteiger charge is 2.59. The molecule has 0 spiro atoms. The molecule has 6 nitrogen and oxygen atoms in total. The molecule has 0 aromatic heterocycles.